The molecule has 0 spiro atoms. The molecule has 0 unspecified atom stereocenters. The summed E-state index contributed by atoms with van der Waals surface area (Å²) in [6, 6.07) is 7.90. The van der Waals surface area contributed by atoms with Gasteiger partial charge in [-0.1, -0.05) is 6.07 Å². The van der Waals surface area contributed by atoms with Gasteiger partial charge in [0, 0.05) is 12.1 Å². The number of nitro groups is 1. The van der Waals surface area contributed by atoms with E-state index in [0.717, 1.165) is 0 Å². The van der Waals surface area contributed by atoms with E-state index in [-0.39, 0.29) is 5.69 Å². The monoisotopic (exact) mass is 245 g/mol. The molecular formula is C12H11N3O3. The van der Waals surface area contributed by atoms with E-state index in [2.05, 4.69) is 4.98 Å². The molecule has 6 nitrogen and oxygen atoms in total. The van der Waals surface area contributed by atoms with Crippen LogP contribution in [0.4, 0.5) is 11.4 Å². The Kier molecular flexibility index (Phi) is 3.09. The van der Waals surface area contributed by atoms with Crippen molar-refractivity contribution in [3.63, 3.8) is 0 Å². The third-order valence-corrected chi connectivity index (χ3v) is 2.43. The van der Waals surface area contributed by atoms with Crippen molar-refractivity contribution in [3.8, 4) is 11.6 Å². The minimum atomic E-state index is -0.446. The molecule has 0 bridgehead atoms. The van der Waals surface area contributed by atoms with Crippen LogP contribution in [-0.4, -0.2) is 9.91 Å². The second-order valence-corrected chi connectivity index (χ2v) is 3.69. The average Bonchev–Trinajstić information content (AvgIpc) is 2.34. The van der Waals surface area contributed by atoms with Gasteiger partial charge in [-0.05, 0) is 19.1 Å². The zero-order valence-corrected chi connectivity index (χ0v) is 9.66. The van der Waals surface area contributed by atoms with Gasteiger partial charge in [-0.15, -0.1) is 0 Å². The Bertz CT molecular complexity index is 582. The van der Waals surface area contributed by atoms with E-state index in [1.807, 2.05) is 0 Å². The van der Waals surface area contributed by atoms with E-state index >= 15 is 0 Å². The zero-order chi connectivity index (χ0) is 13.1. The zero-order valence-electron chi connectivity index (χ0n) is 9.66. The molecule has 0 fully saturated rings. The average molecular weight is 245 g/mol. The molecule has 1 aromatic carbocycles. The van der Waals surface area contributed by atoms with Gasteiger partial charge in [0.25, 0.3) is 5.69 Å². The van der Waals surface area contributed by atoms with E-state index in [4.69, 9.17) is 10.5 Å². The van der Waals surface area contributed by atoms with Gasteiger partial charge in [0.1, 0.15) is 5.75 Å². The summed E-state index contributed by atoms with van der Waals surface area (Å²) in [7, 11) is 0. The number of nitrogens with zero attached hydrogens (tertiary/aromatic N) is 2. The van der Waals surface area contributed by atoms with Crippen molar-refractivity contribution in [1.29, 1.82) is 0 Å². The predicted molar refractivity (Wildman–Crippen MR) is 66.6 cm³/mol. The van der Waals surface area contributed by atoms with Crippen molar-refractivity contribution in [2.24, 2.45) is 0 Å². The smallest absolute Gasteiger partial charge is 0.276 e. The topological polar surface area (TPSA) is 91.3 Å². The summed E-state index contributed by atoms with van der Waals surface area (Å²) in [6.07, 6.45) is 1.46. The van der Waals surface area contributed by atoms with Crippen LogP contribution in [0.3, 0.4) is 0 Å². The number of rotatable bonds is 3. The van der Waals surface area contributed by atoms with Crippen LogP contribution < -0.4 is 10.5 Å². The highest BCUT2D eigenvalue weighted by atomic mass is 16.6. The molecule has 6 heteroatoms. The third kappa shape index (κ3) is 2.37. The second-order valence-electron chi connectivity index (χ2n) is 3.69. The first-order valence-corrected chi connectivity index (χ1v) is 5.21. The quantitative estimate of drug-likeness (QED) is 0.663. The number of aromatic nitrogens is 1. The molecule has 0 saturated carbocycles. The van der Waals surface area contributed by atoms with Crippen molar-refractivity contribution in [2.45, 2.75) is 6.92 Å². The van der Waals surface area contributed by atoms with Gasteiger partial charge in [0.05, 0.1) is 22.4 Å². The van der Waals surface area contributed by atoms with E-state index in [0.29, 0.717) is 22.9 Å². The fourth-order valence-corrected chi connectivity index (χ4v) is 1.48. The summed E-state index contributed by atoms with van der Waals surface area (Å²) in [6.45, 7) is 1.63. The van der Waals surface area contributed by atoms with Crippen molar-refractivity contribution >= 4 is 11.4 Å². The van der Waals surface area contributed by atoms with Gasteiger partial charge in [0.15, 0.2) is 0 Å². The summed E-state index contributed by atoms with van der Waals surface area (Å²) in [5.41, 5.74) is 6.51. The van der Waals surface area contributed by atoms with Crippen molar-refractivity contribution in [1.82, 2.24) is 4.98 Å². The van der Waals surface area contributed by atoms with Gasteiger partial charge in [-0.2, -0.15) is 0 Å². The number of nitro benzene ring substituents is 1. The Morgan fingerprint density at radius 3 is 2.72 bits per heavy atom. The number of benzene rings is 1. The highest BCUT2D eigenvalue weighted by Crippen LogP contribution is 2.30. The lowest BCUT2D eigenvalue weighted by Gasteiger charge is -2.07. The first kappa shape index (κ1) is 11.8. The molecule has 0 amide bonds. The van der Waals surface area contributed by atoms with Gasteiger partial charge in [-0.25, -0.2) is 4.98 Å². The summed E-state index contributed by atoms with van der Waals surface area (Å²) >= 11 is 0. The van der Waals surface area contributed by atoms with E-state index in [1.165, 1.54) is 12.3 Å². The Morgan fingerprint density at radius 2 is 2.11 bits per heavy atom. The normalized spacial score (nSPS) is 10.1. The number of anilines is 1. The lowest BCUT2D eigenvalue weighted by molar-refractivity contribution is -0.385. The molecule has 2 N–H and O–H groups in total. The Hall–Kier alpha value is -2.63. The van der Waals surface area contributed by atoms with E-state index in [1.54, 1.807) is 31.2 Å². The minimum Gasteiger partial charge on any atom is -0.439 e. The highest BCUT2D eigenvalue weighted by molar-refractivity contribution is 5.49. The number of pyridine rings is 1. The van der Waals surface area contributed by atoms with Gasteiger partial charge in [0.2, 0.25) is 5.88 Å². The molecule has 0 aliphatic carbocycles. The standard InChI is InChI=1S/C12H11N3O3/c1-8-10(15(16)17)3-2-4-11(8)18-12-6-5-9(13)7-14-12/h2-7H,13H2,1H3. The van der Waals surface area contributed by atoms with Crippen LogP contribution in [0.25, 0.3) is 0 Å². The molecule has 0 saturated heterocycles. The molecular weight excluding hydrogens is 234 g/mol. The Labute approximate surface area is 103 Å². The molecule has 0 aliphatic heterocycles. The molecule has 0 radical (unpaired) electrons. The lowest BCUT2D eigenvalue weighted by Crippen LogP contribution is -1.96. The van der Waals surface area contributed by atoms with Gasteiger partial charge in [-0.3, -0.25) is 10.1 Å². The van der Waals surface area contributed by atoms with Crippen molar-refractivity contribution < 1.29 is 9.66 Å². The summed E-state index contributed by atoms with van der Waals surface area (Å²) in [5.74, 6) is 0.745. The molecule has 92 valence electrons. The van der Waals surface area contributed by atoms with E-state index < -0.39 is 4.92 Å². The number of nitrogens with two attached hydrogens (primary N) is 1. The maximum atomic E-state index is 10.8. The molecule has 1 heterocycles. The van der Waals surface area contributed by atoms with Crippen LogP contribution in [0.5, 0.6) is 11.6 Å². The highest BCUT2D eigenvalue weighted by Gasteiger charge is 2.14. The van der Waals surface area contributed by atoms with E-state index in [9.17, 15) is 10.1 Å². The van der Waals surface area contributed by atoms with Crippen LogP contribution >= 0.6 is 0 Å². The Balaban J connectivity index is 2.32. The molecule has 18 heavy (non-hydrogen) atoms. The Morgan fingerprint density at radius 1 is 1.33 bits per heavy atom. The second kappa shape index (κ2) is 4.70. The largest absolute Gasteiger partial charge is 0.439 e. The minimum absolute atomic E-state index is 0.0166. The van der Waals surface area contributed by atoms with Gasteiger partial charge >= 0.3 is 0 Å². The number of hydrogen-bond acceptors (Lipinski definition) is 5. The first-order valence-electron chi connectivity index (χ1n) is 5.21. The van der Waals surface area contributed by atoms with Crippen molar-refractivity contribution in [3.05, 3.63) is 52.2 Å². The van der Waals surface area contributed by atoms with Crippen LogP contribution in [0.1, 0.15) is 5.56 Å². The first-order chi connectivity index (χ1) is 8.58. The molecule has 0 atom stereocenters. The van der Waals surface area contributed by atoms with Crippen LogP contribution in [-0.2, 0) is 0 Å². The van der Waals surface area contributed by atoms with Crippen LogP contribution in [0.2, 0.25) is 0 Å². The summed E-state index contributed by atoms with van der Waals surface area (Å²) in [5, 5.41) is 10.8. The summed E-state index contributed by atoms with van der Waals surface area (Å²) in [4.78, 5) is 14.3. The number of hydrogen-bond donors (Lipinski definition) is 1. The third-order valence-electron chi connectivity index (χ3n) is 2.43. The number of nitrogen functional groups attached to an aromatic ring is 1. The predicted octanol–water partition coefficient (Wildman–Crippen LogP) is 2.67. The molecule has 1 aromatic heterocycles. The summed E-state index contributed by atoms with van der Waals surface area (Å²) < 4.78 is 5.48. The van der Waals surface area contributed by atoms with Crippen molar-refractivity contribution in [2.75, 3.05) is 5.73 Å². The molecule has 0 aliphatic rings. The number of ether oxygens (including phenoxy) is 1. The molecule has 2 aromatic rings. The maximum absolute atomic E-state index is 10.8. The van der Waals surface area contributed by atoms with Crippen LogP contribution in [0, 0.1) is 17.0 Å². The fourth-order valence-electron chi connectivity index (χ4n) is 1.48. The van der Waals surface area contributed by atoms with Crippen LogP contribution in [0.15, 0.2) is 36.5 Å². The molecule has 2 rings (SSSR count). The lowest BCUT2D eigenvalue weighted by atomic mass is 10.2. The van der Waals surface area contributed by atoms with Gasteiger partial charge < -0.3 is 10.5 Å². The maximum Gasteiger partial charge on any atom is 0.276 e. The fraction of sp³-hybridized carbons (Fsp3) is 0.0833. The SMILES string of the molecule is Cc1c(Oc2ccc(N)cn2)cccc1[N+](=O)[O-].